The van der Waals surface area contributed by atoms with E-state index in [1.54, 1.807) is 23.0 Å². The topological polar surface area (TPSA) is 84.3 Å². The van der Waals surface area contributed by atoms with Crippen LogP contribution in [0, 0.1) is 5.92 Å². The van der Waals surface area contributed by atoms with Gasteiger partial charge in [0, 0.05) is 37.9 Å². The van der Waals surface area contributed by atoms with E-state index in [1.165, 1.54) is 4.31 Å². The molecule has 3 aromatic rings. The lowest BCUT2D eigenvalue weighted by molar-refractivity contribution is -0.126. The number of nitrogens with one attached hydrogen (secondary N) is 1. The minimum absolute atomic E-state index is 0.00601. The van der Waals surface area contributed by atoms with E-state index in [9.17, 15) is 13.2 Å². The number of carbonyl (C=O) groups is 1. The fourth-order valence-electron chi connectivity index (χ4n) is 4.24. The second kappa shape index (κ2) is 10.5. The van der Waals surface area contributed by atoms with Crippen LogP contribution in [-0.2, 0) is 21.2 Å². The van der Waals surface area contributed by atoms with Crippen LogP contribution in [0.3, 0.4) is 0 Å². The Balaban J connectivity index is 1.24. The molecule has 2 heterocycles. The van der Waals surface area contributed by atoms with Crippen molar-refractivity contribution in [3.63, 3.8) is 0 Å². The number of benzene rings is 2. The maximum Gasteiger partial charge on any atom is 0.243 e. The van der Waals surface area contributed by atoms with Crippen molar-refractivity contribution < 1.29 is 13.2 Å². The number of piperidine rings is 1. The van der Waals surface area contributed by atoms with Crippen molar-refractivity contribution in [2.75, 3.05) is 19.6 Å². The van der Waals surface area contributed by atoms with Crippen molar-refractivity contribution in [3.05, 3.63) is 78.1 Å². The first-order chi connectivity index (χ1) is 16.3. The molecule has 0 atom stereocenters. The number of carbonyl (C=O) groups excluding carboxylic acids is 1. The van der Waals surface area contributed by atoms with E-state index >= 15 is 0 Å². The van der Waals surface area contributed by atoms with Crippen LogP contribution < -0.4 is 5.32 Å². The molecule has 0 unspecified atom stereocenters. The van der Waals surface area contributed by atoms with Gasteiger partial charge < -0.3 is 5.32 Å². The molecule has 4 rings (SSSR count). The van der Waals surface area contributed by atoms with Gasteiger partial charge in [0.05, 0.1) is 10.6 Å². The van der Waals surface area contributed by atoms with E-state index < -0.39 is 10.0 Å². The van der Waals surface area contributed by atoms with Crippen molar-refractivity contribution in [1.82, 2.24) is 19.4 Å². The summed E-state index contributed by atoms with van der Waals surface area (Å²) in [7, 11) is -3.53. The molecule has 1 amide bonds. The summed E-state index contributed by atoms with van der Waals surface area (Å²) in [6, 6.07) is 17.1. The van der Waals surface area contributed by atoms with Crippen LogP contribution in [0.1, 0.15) is 43.7 Å². The average Bonchev–Trinajstić information content (AvgIpc) is 3.39. The first-order valence-corrected chi connectivity index (χ1v) is 13.3. The number of amides is 1. The molecule has 8 heteroatoms. The predicted molar refractivity (Wildman–Crippen MR) is 132 cm³/mol. The molecule has 1 aliphatic rings. The van der Waals surface area contributed by atoms with Gasteiger partial charge in [-0.25, -0.2) is 13.1 Å². The summed E-state index contributed by atoms with van der Waals surface area (Å²) in [6.07, 6.45) is 5.45. The van der Waals surface area contributed by atoms with E-state index in [0.29, 0.717) is 43.3 Å². The summed E-state index contributed by atoms with van der Waals surface area (Å²) >= 11 is 0. The van der Waals surface area contributed by atoms with E-state index in [0.717, 1.165) is 23.2 Å². The number of aromatic nitrogens is 2. The lowest BCUT2D eigenvalue weighted by atomic mass is 9.97. The molecular weight excluding hydrogens is 448 g/mol. The van der Waals surface area contributed by atoms with Crippen LogP contribution in [0.4, 0.5) is 0 Å². The summed E-state index contributed by atoms with van der Waals surface area (Å²) in [5.41, 5.74) is 3.25. The average molecular weight is 481 g/mol. The van der Waals surface area contributed by atoms with Gasteiger partial charge in [0.1, 0.15) is 0 Å². The highest BCUT2D eigenvalue weighted by Crippen LogP contribution is 2.25. The Morgan fingerprint density at radius 2 is 1.74 bits per heavy atom. The van der Waals surface area contributed by atoms with Gasteiger partial charge in [-0.15, -0.1) is 0 Å². The van der Waals surface area contributed by atoms with Gasteiger partial charge in [0.2, 0.25) is 15.9 Å². The van der Waals surface area contributed by atoms with E-state index in [1.807, 2.05) is 48.7 Å². The van der Waals surface area contributed by atoms with Crippen LogP contribution in [0.25, 0.3) is 5.69 Å². The second-order valence-corrected chi connectivity index (χ2v) is 11.0. The van der Waals surface area contributed by atoms with Gasteiger partial charge in [-0.2, -0.15) is 9.40 Å². The second-order valence-electron chi connectivity index (χ2n) is 9.06. The Morgan fingerprint density at radius 3 is 2.32 bits per heavy atom. The van der Waals surface area contributed by atoms with Gasteiger partial charge in [0.25, 0.3) is 0 Å². The highest BCUT2D eigenvalue weighted by atomic mass is 32.2. The Labute approximate surface area is 201 Å². The van der Waals surface area contributed by atoms with Crippen LogP contribution in [0.15, 0.2) is 71.9 Å². The lowest BCUT2D eigenvalue weighted by Crippen LogP contribution is -2.43. The third kappa shape index (κ3) is 5.56. The molecule has 1 aliphatic heterocycles. The van der Waals surface area contributed by atoms with E-state index in [4.69, 9.17) is 0 Å². The van der Waals surface area contributed by atoms with Crippen molar-refractivity contribution in [2.45, 2.75) is 43.9 Å². The number of nitrogens with zero attached hydrogens (tertiary/aromatic N) is 3. The third-order valence-electron chi connectivity index (χ3n) is 6.43. The SMILES string of the molecule is CC(C)c1ccc(S(=O)(=O)N2CCC(C(=O)NCCc3ccc(-n4cccn4)cc3)CC2)cc1. The zero-order chi connectivity index (χ0) is 24.1. The van der Waals surface area contributed by atoms with Gasteiger partial charge in [0.15, 0.2) is 0 Å². The summed E-state index contributed by atoms with van der Waals surface area (Å²) < 4.78 is 29.3. The molecule has 0 spiro atoms. The summed E-state index contributed by atoms with van der Waals surface area (Å²) in [5.74, 6) is 0.205. The molecular formula is C26H32N4O3S. The first kappa shape index (κ1) is 24.2. The Hall–Kier alpha value is -2.97. The molecule has 1 saturated heterocycles. The van der Waals surface area contributed by atoms with Crippen molar-refractivity contribution in [1.29, 1.82) is 0 Å². The van der Waals surface area contributed by atoms with Crippen molar-refractivity contribution in [3.8, 4) is 5.69 Å². The molecule has 1 aromatic heterocycles. The first-order valence-electron chi connectivity index (χ1n) is 11.8. The normalized spacial score (nSPS) is 15.5. The van der Waals surface area contributed by atoms with E-state index in [2.05, 4.69) is 24.3 Å². The van der Waals surface area contributed by atoms with Crippen LogP contribution in [0.5, 0.6) is 0 Å². The number of sulfonamides is 1. The Morgan fingerprint density at radius 1 is 1.06 bits per heavy atom. The van der Waals surface area contributed by atoms with Gasteiger partial charge in [-0.3, -0.25) is 4.79 Å². The Bertz CT molecular complexity index is 1180. The molecule has 180 valence electrons. The fourth-order valence-corrected chi connectivity index (χ4v) is 5.71. The monoisotopic (exact) mass is 480 g/mol. The minimum atomic E-state index is -3.53. The summed E-state index contributed by atoms with van der Waals surface area (Å²) in [5, 5.41) is 7.24. The molecule has 34 heavy (non-hydrogen) atoms. The fraction of sp³-hybridized carbons (Fsp3) is 0.385. The predicted octanol–water partition coefficient (Wildman–Crippen LogP) is 3.76. The van der Waals surface area contributed by atoms with Crippen molar-refractivity contribution >= 4 is 15.9 Å². The number of rotatable bonds is 8. The van der Waals surface area contributed by atoms with Gasteiger partial charge in [-0.05, 0) is 66.6 Å². The number of hydrogen-bond donors (Lipinski definition) is 1. The van der Waals surface area contributed by atoms with E-state index in [-0.39, 0.29) is 11.8 Å². The third-order valence-corrected chi connectivity index (χ3v) is 8.34. The van der Waals surface area contributed by atoms with Gasteiger partial charge in [-0.1, -0.05) is 38.1 Å². The zero-order valence-electron chi connectivity index (χ0n) is 19.7. The largest absolute Gasteiger partial charge is 0.356 e. The maximum absolute atomic E-state index is 13.0. The highest BCUT2D eigenvalue weighted by molar-refractivity contribution is 7.89. The summed E-state index contributed by atoms with van der Waals surface area (Å²) in [6.45, 7) is 5.44. The standard InChI is InChI=1S/C26H32N4O3S/c1-20(2)22-6-10-25(11-7-22)34(32,33)29-18-13-23(14-19-29)26(31)27-16-12-21-4-8-24(9-5-21)30-17-3-15-28-30/h3-11,15,17,20,23H,12-14,16,18-19H2,1-2H3,(H,27,31). The Kier molecular flexibility index (Phi) is 7.48. The molecule has 0 radical (unpaired) electrons. The van der Waals surface area contributed by atoms with Crippen LogP contribution in [-0.4, -0.2) is 48.0 Å². The molecule has 7 nitrogen and oxygen atoms in total. The zero-order valence-corrected chi connectivity index (χ0v) is 20.5. The molecule has 1 fully saturated rings. The maximum atomic E-state index is 13.0. The lowest BCUT2D eigenvalue weighted by Gasteiger charge is -2.30. The van der Waals surface area contributed by atoms with Crippen LogP contribution in [0.2, 0.25) is 0 Å². The quantitative estimate of drug-likeness (QED) is 0.532. The summed E-state index contributed by atoms with van der Waals surface area (Å²) in [4.78, 5) is 13.0. The van der Waals surface area contributed by atoms with Gasteiger partial charge >= 0.3 is 0 Å². The smallest absolute Gasteiger partial charge is 0.243 e. The molecule has 0 bridgehead atoms. The highest BCUT2D eigenvalue weighted by Gasteiger charge is 2.32. The molecule has 2 aromatic carbocycles. The molecule has 1 N–H and O–H groups in total. The molecule has 0 saturated carbocycles. The number of hydrogen-bond acceptors (Lipinski definition) is 4. The minimum Gasteiger partial charge on any atom is -0.356 e. The van der Waals surface area contributed by atoms with Crippen LogP contribution >= 0.6 is 0 Å². The van der Waals surface area contributed by atoms with Crippen molar-refractivity contribution in [2.24, 2.45) is 5.92 Å². The molecule has 0 aliphatic carbocycles.